The minimum atomic E-state index is 0.379. The van der Waals surface area contributed by atoms with Crippen LogP contribution < -0.4 is 5.32 Å². The van der Waals surface area contributed by atoms with Gasteiger partial charge in [-0.1, -0.05) is 44.2 Å². The maximum absolute atomic E-state index is 4.82. The average molecular weight is 288 g/mol. The molecule has 1 N–H and O–H groups in total. The lowest BCUT2D eigenvalue weighted by Crippen LogP contribution is -2.21. The Morgan fingerprint density at radius 1 is 1.20 bits per heavy atom. The van der Waals surface area contributed by atoms with Gasteiger partial charge < -0.3 is 5.32 Å². The molecule has 2 aromatic rings. The first-order valence-electron chi connectivity index (χ1n) is 7.48. The maximum Gasteiger partial charge on any atom is 0.110 e. The van der Waals surface area contributed by atoms with Crippen LogP contribution in [0.15, 0.2) is 30.3 Å². The molecule has 0 bridgehead atoms. The number of hydrogen-bond acceptors (Lipinski definition) is 3. The number of aryl methyl sites for hydroxylation is 3. The Labute approximate surface area is 126 Å². The Kier molecular flexibility index (Phi) is 5.74. The molecule has 20 heavy (non-hydrogen) atoms. The molecule has 0 saturated carbocycles. The van der Waals surface area contributed by atoms with Crippen molar-refractivity contribution in [3.63, 3.8) is 0 Å². The van der Waals surface area contributed by atoms with Crippen molar-refractivity contribution in [2.75, 3.05) is 6.54 Å². The lowest BCUT2D eigenvalue weighted by Gasteiger charge is -2.15. The van der Waals surface area contributed by atoms with Crippen LogP contribution in [0.2, 0.25) is 0 Å². The van der Waals surface area contributed by atoms with E-state index < -0.39 is 0 Å². The highest BCUT2D eigenvalue weighted by Crippen LogP contribution is 2.26. The summed E-state index contributed by atoms with van der Waals surface area (Å²) in [4.78, 5) is 6.18. The van der Waals surface area contributed by atoms with E-state index in [9.17, 15) is 0 Å². The summed E-state index contributed by atoms with van der Waals surface area (Å²) in [6.07, 6.45) is 3.23. The van der Waals surface area contributed by atoms with Crippen molar-refractivity contribution in [2.24, 2.45) is 0 Å². The minimum Gasteiger partial charge on any atom is -0.308 e. The molecule has 1 heterocycles. The number of rotatable bonds is 7. The highest BCUT2D eigenvalue weighted by molar-refractivity contribution is 7.11. The van der Waals surface area contributed by atoms with Crippen molar-refractivity contribution >= 4 is 11.3 Å². The number of benzene rings is 1. The molecule has 0 aliphatic rings. The Morgan fingerprint density at radius 2 is 1.95 bits per heavy atom. The van der Waals surface area contributed by atoms with Gasteiger partial charge in [0, 0.05) is 4.88 Å². The van der Waals surface area contributed by atoms with Crippen molar-refractivity contribution in [1.82, 2.24) is 10.3 Å². The number of hydrogen-bond donors (Lipinski definition) is 1. The second-order valence-corrected chi connectivity index (χ2v) is 6.28. The Bertz CT molecular complexity index is 519. The first kappa shape index (κ1) is 15.2. The summed E-state index contributed by atoms with van der Waals surface area (Å²) in [5.41, 5.74) is 2.66. The highest BCUT2D eigenvalue weighted by Gasteiger charge is 2.16. The van der Waals surface area contributed by atoms with Gasteiger partial charge in [0.25, 0.3) is 0 Å². The number of nitrogens with zero attached hydrogens (tertiary/aromatic N) is 1. The van der Waals surface area contributed by atoms with E-state index in [4.69, 9.17) is 4.98 Å². The van der Waals surface area contributed by atoms with Crippen LogP contribution in [0.3, 0.4) is 0 Å². The second kappa shape index (κ2) is 7.55. The second-order valence-electron chi connectivity index (χ2n) is 5.04. The van der Waals surface area contributed by atoms with E-state index >= 15 is 0 Å². The van der Waals surface area contributed by atoms with E-state index in [1.54, 1.807) is 0 Å². The molecule has 0 spiro atoms. The molecule has 2 rings (SSSR count). The van der Waals surface area contributed by atoms with Crippen LogP contribution in [0.25, 0.3) is 0 Å². The Balaban J connectivity index is 2.06. The average Bonchev–Trinajstić information content (AvgIpc) is 2.85. The van der Waals surface area contributed by atoms with E-state index in [1.807, 2.05) is 11.3 Å². The predicted octanol–water partition coefficient (Wildman–Crippen LogP) is 4.30. The molecule has 108 valence electrons. The number of aromatic nitrogens is 1. The third kappa shape index (κ3) is 3.90. The maximum atomic E-state index is 4.82. The third-order valence-corrected chi connectivity index (χ3v) is 4.68. The molecule has 0 amide bonds. The van der Waals surface area contributed by atoms with Gasteiger partial charge >= 0.3 is 0 Å². The quantitative estimate of drug-likeness (QED) is 0.821. The fourth-order valence-corrected chi connectivity index (χ4v) is 3.56. The van der Waals surface area contributed by atoms with Crippen molar-refractivity contribution in [1.29, 1.82) is 0 Å². The summed E-state index contributed by atoms with van der Waals surface area (Å²) in [6, 6.07) is 11.1. The van der Waals surface area contributed by atoms with Crippen LogP contribution in [0.1, 0.15) is 47.5 Å². The molecular formula is C17H24N2S. The first-order chi connectivity index (χ1) is 9.74. The minimum absolute atomic E-state index is 0.379. The zero-order valence-electron chi connectivity index (χ0n) is 12.6. The summed E-state index contributed by atoms with van der Waals surface area (Å²) in [7, 11) is 0. The molecule has 2 nitrogen and oxygen atoms in total. The number of nitrogens with one attached hydrogen (secondary N) is 1. The zero-order valence-corrected chi connectivity index (χ0v) is 13.5. The van der Waals surface area contributed by atoms with E-state index in [1.165, 1.54) is 21.1 Å². The van der Waals surface area contributed by atoms with Crippen LogP contribution in [0.4, 0.5) is 0 Å². The van der Waals surface area contributed by atoms with Gasteiger partial charge in [-0.2, -0.15) is 0 Å². The van der Waals surface area contributed by atoms with Gasteiger partial charge in [0.2, 0.25) is 0 Å². The monoisotopic (exact) mass is 288 g/mol. The van der Waals surface area contributed by atoms with Crippen molar-refractivity contribution in [2.45, 2.75) is 46.1 Å². The summed E-state index contributed by atoms with van der Waals surface area (Å²) in [5.74, 6) is 0. The lowest BCUT2D eigenvalue weighted by atomic mass is 10.1. The van der Waals surface area contributed by atoms with Crippen LogP contribution >= 0.6 is 11.3 Å². The van der Waals surface area contributed by atoms with E-state index in [0.29, 0.717) is 6.04 Å². The molecule has 0 fully saturated rings. The molecule has 0 aliphatic carbocycles. The van der Waals surface area contributed by atoms with Crippen LogP contribution in [0, 0.1) is 6.92 Å². The third-order valence-electron chi connectivity index (χ3n) is 3.56. The smallest absolute Gasteiger partial charge is 0.110 e. The van der Waals surface area contributed by atoms with Gasteiger partial charge in [-0.25, -0.2) is 4.98 Å². The van der Waals surface area contributed by atoms with Crippen LogP contribution in [-0.2, 0) is 12.8 Å². The van der Waals surface area contributed by atoms with Crippen LogP contribution in [-0.4, -0.2) is 11.5 Å². The molecule has 3 heteroatoms. The lowest BCUT2D eigenvalue weighted by molar-refractivity contribution is 0.512. The summed E-state index contributed by atoms with van der Waals surface area (Å²) in [5, 5.41) is 4.83. The summed E-state index contributed by atoms with van der Waals surface area (Å²) < 4.78 is 0. The molecule has 1 aromatic heterocycles. The van der Waals surface area contributed by atoms with E-state index in [0.717, 1.165) is 25.8 Å². The summed E-state index contributed by atoms with van der Waals surface area (Å²) >= 11 is 1.85. The molecule has 0 radical (unpaired) electrons. The Morgan fingerprint density at radius 3 is 2.55 bits per heavy atom. The zero-order chi connectivity index (χ0) is 14.4. The molecule has 1 unspecified atom stereocenters. The SMILES string of the molecule is CCNC(CCc1ccccc1)c1nc(CC)c(C)s1. The number of thiazole rings is 1. The molecule has 0 aliphatic heterocycles. The highest BCUT2D eigenvalue weighted by atomic mass is 32.1. The standard InChI is InChI=1S/C17H24N2S/c1-4-15-13(3)20-17(19-15)16(18-5-2)12-11-14-9-7-6-8-10-14/h6-10,16,18H,4-5,11-12H2,1-3H3. The van der Waals surface area contributed by atoms with Crippen molar-refractivity contribution in [3.8, 4) is 0 Å². The van der Waals surface area contributed by atoms with Crippen molar-refractivity contribution in [3.05, 3.63) is 51.5 Å². The normalized spacial score (nSPS) is 12.6. The van der Waals surface area contributed by atoms with Gasteiger partial charge in [0.15, 0.2) is 0 Å². The fourth-order valence-electron chi connectivity index (χ4n) is 2.44. The molecule has 1 aromatic carbocycles. The van der Waals surface area contributed by atoms with E-state index in [2.05, 4.69) is 56.4 Å². The molecular weight excluding hydrogens is 264 g/mol. The van der Waals surface area contributed by atoms with Gasteiger partial charge in [0.05, 0.1) is 11.7 Å². The van der Waals surface area contributed by atoms with E-state index in [-0.39, 0.29) is 0 Å². The fraction of sp³-hybridized carbons (Fsp3) is 0.471. The van der Waals surface area contributed by atoms with Gasteiger partial charge in [0.1, 0.15) is 5.01 Å². The summed E-state index contributed by atoms with van der Waals surface area (Å²) in [6.45, 7) is 7.51. The van der Waals surface area contributed by atoms with Gasteiger partial charge in [-0.3, -0.25) is 0 Å². The topological polar surface area (TPSA) is 24.9 Å². The van der Waals surface area contributed by atoms with Crippen LogP contribution in [0.5, 0.6) is 0 Å². The van der Waals surface area contributed by atoms with Crippen molar-refractivity contribution < 1.29 is 0 Å². The Hall–Kier alpha value is -1.19. The predicted molar refractivity (Wildman–Crippen MR) is 87.4 cm³/mol. The molecule has 1 atom stereocenters. The van der Waals surface area contributed by atoms with Gasteiger partial charge in [-0.05, 0) is 38.3 Å². The largest absolute Gasteiger partial charge is 0.308 e. The molecule has 0 saturated heterocycles. The van der Waals surface area contributed by atoms with Gasteiger partial charge in [-0.15, -0.1) is 11.3 Å². The first-order valence-corrected chi connectivity index (χ1v) is 8.29.